The molecule has 0 aromatic rings. The van der Waals surface area contributed by atoms with Crippen molar-refractivity contribution in [1.82, 2.24) is 10.6 Å². The zero-order valence-corrected chi connectivity index (χ0v) is 10.1. The van der Waals surface area contributed by atoms with Crippen molar-refractivity contribution in [3.05, 3.63) is 0 Å². The Morgan fingerprint density at radius 2 is 1.94 bits per heavy atom. The fourth-order valence-electron chi connectivity index (χ4n) is 1.36. The third-order valence-electron chi connectivity index (χ3n) is 2.32. The van der Waals surface area contributed by atoms with Gasteiger partial charge in [0.25, 0.3) is 0 Å². The maximum absolute atomic E-state index is 11.4. The Morgan fingerprint density at radius 3 is 2.50 bits per heavy atom. The third-order valence-corrected chi connectivity index (χ3v) is 2.32. The third kappa shape index (κ3) is 8.23. The number of carbonyl (C=O) groups excluding carboxylic acids is 1. The molecular formula is C11H22N2O3. The summed E-state index contributed by atoms with van der Waals surface area (Å²) in [6, 6.07) is 0. The normalized spacial score (nSPS) is 12.1. The van der Waals surface area contributed by atoms with Crippen molar-refractivity contribution in [2.24, 2.45) is 5.92 Å². The molecule has 1 unspecified atom stereocenters. The van der Waals surface area contributed by atoms with Gasteiger partial charge in [0.1, 0.15) is 0 Å². The van der Waals surface area contributed by atoms with Crippen LogP contribution in [-0.4, -0.2) is 37.1 Å². The SMILES string of the molecule is CNCC(C)C(=O)NCCCCCC(=O)O. The van der Waals surface area contributed by atoms with E-state index in [0.717, 1.165) is 12.8 Å². The lowest BCUT2D eigenvalue weighted by Crippen LogP contribution is -2.34. The van der Waals surface area contributed by atoms with Gasteiger partial charge in [-0.05, 0) is 19.9 Å². The lowest BCUT2D eigenvalue weighted by atomic mass is 10.1. The molecule has 0 bridgehead atoms. The quantitative estimate of drug-likeness (QED) is 0.507. The highest BCUT2D eigenvalue weighted by atomic mass is 16.4. The molecule has 0 saturated carbocycles. The van der Waals surface area contributed by atoms with Gasteiger partial charge in [-0.2, -0.15) is 0 Å². The lowest BCUT2D eigenvalue weighted by molar-refractivity contribution is -0.137. The first-order valence-corrected chi connectivity index (χ1v) is 5.72. The Hall–Kier alpha value is -1.10. The molecule has 5 heteroatoms. The average molecular weight is 230 g/mol. The molecule has 16 heavy (non-hydrogen) atoms. The van der Waals surface area contributed by atoms with Crippen molar-refractivity contribution in [1.29, 1.82) is 0 Å². The van der Waals surface area contributed by atoms with Crippen LogP contribution < -0.4 is 10.6 Å². The molecule has 1 atom stereocenters. The predicted molar refractivity (Wildman–Crippen MR) is 62.2 cm³/mol. The van der Waals surface area contributed by atoms with E-state index in [0.29, 0.717) is 19.5 Å². The smallest absolute Gasteiger partial charge is 0.303 e. The van der Waals surface area contributed by atoms with Crippen molar-refractivity contribution in [3.8, 4) is 0 Å². The zero-order valence-electron chi connectivity index (χ0n) is 10.1. The monoisotopic (exact) mass is 230 g/mol. The molecule has 0 heterocycles. The van der Waals surface area contributed by atoms with Crippen LogP contribution in [0.5, 0.6) is 0 Å². The van der Waals surface area contributed by atoms with Crippen LogP contribution in [-0.2, 0) is 9.59 Å². The highest BCUT2D eigenvalue weighted by molar-refractivity contribution is 5.78. The van der Waals surface area contributed by atoms with Crippen LogP contribution in [0.15, 0.2) is 0 Å². The molecular weight excluding hydrogens is 208 g/mol. The van der Waals surface area contributed by atoms with Crippen molar-refractivity contribution in [3.63, 3.8) is 0 Å². The summed E-state index contributed by atoms with van der Waals surface area (Å²) < 4.78 is 0. The number of carboxylic acids is 1. The largest absolute Gasteiger partial charge is 0.481 e. The first-order chi connectivity index (χ1) is 7.57. The van der Waals surface area contributed by atoms with Gasteiger partial charge in [-0.3, -0.25) is 9.59 Å². The summed E-state index contributed by atoms with van der Waals surface area (Å²) in [5, 5.41) is 14.2. The minimum atomic E-state index is -0.758. The van der Waals surface area contributed by atoms with E-state index in [1.54, 1.807) is 0 Å². The molecule has 0 aromatic carbocycles. The van der Waals surface area contributed by atoms with E-state index in [-0.39, 0.29) is 18.2 Å². The van der Waals surface area contributed by atoms with Gasteiger partial charge >= 0.3 is 5.97 Å². The van der Waals surface area contributed by atoms with Crippen LogP contribution in [0.2, 0.25) is 0 Å². The minimum absolute atomic E-state index is 0.0241. The van der Waals surface area contributed by atoms with Gasteiger partial charge in [0.2, 0.25) is 5.91 Å². The Labute approximate surface area is 96.6 Å². The Kier molecular flexibility index (Phi) is 8.52. The number of amides is 1. The van der Waals surface area contributed by atoms with Crippen molar-refractivity contribution in [2.45, 2.75) is 32.6 Å². The topological polar surface area (TPSA) is 78.4 Å². The van der Waals surface area contributed by atoms with Gasteiger partial charge in [-0.25, -0.2) is 0 Å². The molecule has 3 N–H and O–H groups in total. The number of aliphatic carboxylic acids is 1. The highest BCUT2D eigenvalue weighted by Crippen LogP contribution is 1.99. The van der Waals surface area contributed by atoms with Crippen LogP contribution in [0.4, 0.5) is 0 Å². The van der Waals surface area contributed by atoms with Gasteiger partial charge in [0, 0.05) is 25.4 Å². The van der Waals surface area contributed by atoms with Crippen LogP contribution in [0, 0.1) is 5.92 Å². The van der Waals surface area contributed by atoms with E-state index < -0.39 is 5.97 Å². The number of carboxylic acid groups (broad SMARTS) is 1. The number of carbonyl (C=O) groups is 2. The maximum Gasteiger partial charge on any atom is 0.303 e. The van der Waals surface area contributed by atoms with Crippen molar-refractivity contribution < 1.29 is 14.7 Å². The van der Waals surface area contributed by atoms with Crippen molar-refractivity contribution >= 4 is 11.9 Å². The standard InChI is InChI=1S/C11H22N2O3/c1-9(8-12-2)11(16)13-7-5-3-4-6-10(14)15/h9,12H,3-8H2,1-2H3,(H,13,16)(H,14,15). The Balaban J connectivity index is 3.37. The molecule has 5 nitrogen and oxygen atoms in total. The Bertz CT molecular complexity index is 219. The van der Waals surface area contributed by atoms with E-state index in [1.807, 2.05) is 14.0 Å². The number of rotatable bonds is 9. The summed E-state index contributed by atoms with van der Waals surface area (Å²) in [6.07, 6.45) is 2.57. The number of unbranched alkanes of at least 4 members (excludes halogenated alkanes) is 2. The van der Waals surface area contributed by atoms with Crippen LogP contribution in [0.3, 0.4) is 0 Å². The molecule has 0 rings (SSSR count). The first kappa shape index (κ1) is 14.9. The molecule has 0 aliphatic heterocycles. The molecule has 0 radical (unpaired) electrons. The molecule has 0 fully saturated rings. The molecule has 0 aliphatic carbocycles. The molecule has 0 saturated heterocycles. The lowest BCUT2D eigenvalue weighted by Gasteiger charge is -2.11. The fourth-order valence-corrected chi connectivity index (χ4v) is 1.36. The van der Waals surface area contributed by atoms with E-state index in [9.17, 15) is 9.59 Å². The van der Waals surface area contributed by atoms with E-state index in [2.05, 4.69) is 10.6 Å². The maximum atomic E-state index is 11.4. The van der Waals surface area contributed by atoms with Gasteiger partial charge in [0.05, 0.1) is 0 Å². The minimum Gasteiger partial charge on any atom is -0.481 e. The van der Waals surface area contributed by atoms with Gasteiger partial charge in [0.15, 0.2) is 0 Å². The molecule has 0 aliphatic rings. The van der Waals surface area contributed by atoms with E-state index in [4.69, 9.17) is 5.11 Å². The average Bonchev–Trinajstić information content (AvgIpc) is 2.22. The fraction of sp³-hybridized carbons (Fsp3) is 0.818. The number of hydrogen-bond acceptors (Lipinski definition) is 3. The van der Waals surface area contributed by atoms with Gasteiger partial charge < -0.3 is 15.7 Å². The van der Waals surface area contributed by atoms with E-state index >= 15 is 0 Å². The van der Waals surface area contributed by atoms with Gasteiger partial charge in [-0.15, -0.1) is 0 Å². The van der Waals surface area contributed by atoms with Crippen LogP contribution in [0.1, 0.15) is 32.6 Å². The molecule has 0 spiro atoms. The number of nitrogens with one attached hydrogen (secondary N) is 2. The highest BCUT2D eigenvalue weighted by Gasteiger charge is 2.10. The molecule has 0 aromatic heterocycles. The van der Waals surface area contributed by atoms with E-state index in [1.165, 1.54) is 0 Å². The molecule has 1 amide bonds. The summed E-state index contributed by atoms with van der Waals surface area (Å²) >= 11 is 0. The second-order valence-electron chi connectivity index (χ2n) is 3.95. The van der Waals surface area contributed by atoms with Gasteiger partial charge in [-0.1, -0.05) is 13.3 Å². The van der Waals surface area contributed by atoms with Crippen LogP contribution in [0.25, 0.3) is 0 Å². The summed E-state index contributed by atoms with van der Waals surface area (Å²) in [4.78, 5) is 21.7. The Morgan fingerprint density at radius 1 is 1.25 bits per heavy atom. The summed E-state index contributed by atoms with van der Waals surface area (Å²) in [6.45, 7) is 3.17. The first-order valence-electron chi connectivity index (χ1n) is 5.72. The second-order valence-corrected chi connectivity index (χ2v) is 3.95. The summed E-state index contributed by atoms with van der Waals surface area (Å²) in [5.41, 5.74) is 0. The number of hydrogen-bond donors (Lipinski definition) is 3. The summed E-state index contributed by atoms with van der Waals surface area (Å²) in [7, 11) is 1.82. The molecule has 94 valence electrons. The summed E-state index contributed by atoms with van der Waals surface area (Å²) in [5.74, 6) is -0.733. The zero-order chi connectivity index (χ0) is 12.4. The second kappa shape index (κ2) is 9.15. The van der Waals surface area contributed by atoms with Crippen molar-refractivity contribution in [2.75, 3.05) is 20.1 Å². The van der Waals surface area contributed by atoms with Crippen LogP contribution >= 0.6 is 0 Å². The predicted octanol–water partition coefficient (Wildman–Crippen LogP) is 0.603.